The van der Waals surface area contributed by atoms with Crippen molar-refractivity contribution in [2.45, 2.75) is 12.3 Å². The zero-order valence-corrected chi connectivity index (χ0v) is 6.29. The minimum atomic E-state index is -0.202. The molecule has 0 radical (unpaired) electrons. The molecule has 2 atom stereocenters. The standard InChI is InChI=1S/C4H7N5OS/c10-3-5-1-2(6-3)8-9-4(11)7-1/h1-2,8H,(H2,5,6,10)(H2,7,9,11). The van der Waals surface area contributed by atoms with Crippen LogP contribution in [0.4, 0.5) is 4.79 Å². The van der Waals surface area contributed by atoms with Gasteiger partial charge in [-0.3, -0.25) is 5.43 Å². The highest BCUT2D eigenvalue weighted by molar-refractivity contribution is 7.80. The molecule has 6 nitrogen and oxygen atoms in total. The average Bonchev–Trinajstić information content (AvgIpc) is 2.27. The maximum atomic E-state index is 10.7. The fourth-order valence-corrected chi connectivity index (χ4v) is 1.24. The van der Waals surface area contributed by atoms with Crippen molar-refractivity contribution >= 4 is 23.4 Å². The summed E-state index contributed by atoms with van der Waals surface area (Å²) in [4.78, 5) is 10.7. The molecule has 11 heavy (non-hydrogen) atoms. The molecule has 2 aliphatic heterocycles. The lowest BCUT2D eigenvalue weighted by molar-refractivity contribution is 0.246. The minimum absolute atomic E-state index is 0.144. The van der Waals surface area contributed by atoms with Crippen LogP contribution >= 0.6 is 12.2 Å². The molecule has 2 fully saturated rings. The molecule has 2 heterocycles. The lowest BCUT2D eigenvalue weighted by atomic mass is 10.4. The molecule has 0 aromatic heterocycles. The zero-order valence-electron chi connectivity index (χ0n) is 5.47. The van der Waals surface area contributed by atoms with Gasteiger partial charge in [-0.15, -0.1) is 0 Å². The van der Waals surface area contributed by atoms with Gasteiger partial charge < -0.3 is 16.0 Å². The van der Waals surface area contributed by atoms with E-state index in [1.165, 1.54) is 0 Å². The first-order valence-corrected chi connectivity index (χ1v) is 3.55. The monoisotopic (exact) mass is 173 g/mol. The van der Waals surface area contributed by atoms with E-state index >= 15 is 0 Å². The largest absolute Gasteiger partial charge is 0.339 e. The first kappa shape index (κ1) is 6.62. The second-order valence-corrected chi connectivity index (χ2v) is 2.72. The van der Waals surface area contributed by atoms with E-state index in [4.69, 9.17) is 12.2 Å². The summed E-state index contributed by atoms with van der Waals surface area (Å²) >= 11 is 4.80. The second-order valence-electron chi connectivity index (χ2n) is 2.32. The normalized spacial score (nSPS) is 34.5. The Hall–Kier alpha value is -1.08. The van der Waals surface area contributed by atoms with E-state index in [2.05, 4.69) is 26.8 Å². The van der Waals surface area contributed by atoms with Gasteiger partial charge in [0, 0.05) is 0 Å². The topological polar surface area (TPSA) is 77.2 Å². The van der Waals surface area contributed by atoms with E-state index < -0.39 is 0 Å². The zero-order chi connectivity index (χ0) is 7.84. The Morgan fingerprint density at radius 1 is 1.18 bits per heavy atom. The molecule has 2 unspecified atom stereocenters. The molecule has 2 rings (SSSR count). The summed E-state index contributed by atoms with van der Waals surface area (Å²) in [6.07, 6.45) is -0.301. The van der Waals surface area contributed by atoms with Crippen LogP contribution in [-0.4, -0.2) is 23.5 Å². The molecule has 2 amide bonds. The van der Waals surface area contributed by atoms with Crippen LogP contribution in [-0.2, 0) is 0 Å². The Morgan fingerprint density at radius 3 is 2.73 bits per heavy atom. The molecule has 60 valence electrons. The van der Waals surface area contributed by atoms with Crippen LogP contribution < -0.4 is 26.8 Å². The Labute approximate surface area is 68.1 Å². The van der Waals surface area contributed by atoms with Crippen LogP contribution in [0.2, 0.25) is 0 Å². The maximum absolute atomic E-state index is 10.7. The molecule has 0 spiro atoms. The van der Waals surface area contributed by atoms with Crippen LogP contribution in [0, 0.1) is 0 Å². The van der Waals surface area contributed by atoms with Gasteiger partial charge >= 0.3 is 6.03 Å². The Balaban J connectivity index is 2.08. The molecular formula is C4H7N5OS. The Kier molecular flexibility index (Phi) is 1.33. The van der Waals surface area contributed by atoms with Crippen molar-refractivity contribution in [2.24, 2.45) is 0 Å². The van der Waals surface area contributed by atoms with Crippen molar-refractivity contribution in [1.82, 2.24) is 26.8 Å². The Morgan fingerprint density at radius 2 is 1.91 bits per heavy atom. The number of carbonyl (C=O) groups excluding carboxylic acids is 1. The highest BCUT2D eigenvalue weighted by atomic mass is 32.1. The molecular weight excluding hydrogens is 166 g/mol. The molecule has 0 aromatic carbocycles. The van der Waals surface area contributed by atoms with Crippen LogP contribution in [0.5, 0.6) is 0 Å². The number of fused-ring (bicyclic) bond motifs is 1. The number of hydrazine groups is 1. The number of amides is 2. The fraction of sp³-hybridized carbons (Fsp3) is 0.500. The van der Waals surface area contributed by atoms with E-state index in [0.717, 1.165) is 0 Å². The van der Waals surface area contributed by atoms with Gasteiger partial charge in [-0.25, -0.2) is 10.2 Å². The number of nitrogens with one attached hydrogen (secondary N) is 5. The van der Waals surface area contributed by atoms with Gasteiger partial charge in [0.15, 0.2) is 5.11 Å². The van der Waals surface area contributed by atoms with E-state index in [-0.39, 0.29) is 18.4 Å². The third kappa shape index (κ3) is 1.08. The molecule has 0 saturated carbocycles. The smallest absolute Gasteiger partial charge is 0.317 e. The van der Waals surface area contributed by atoms with Crippen molar-refractivity contribution < 1.29 is 4.79 Å². The molecule has 7 heteroatoms. The van der Waals surface area contributed by atoms with Gasteiger partial charge in [-0.05, 0) is 12.2 Å². The molecule has 0 aliphatic carbocycles. The number of carbonyl (C=O) groups is 1. The number of urea groups is 1. The summed E-state index contributed by atoms with van der Waals surface area (Å²) in [5.41, 5.74) is 5.50. The lowest BCUT2D eigenvalue weighted by Gasteiger charge is -2.28. The van der Waals surface area contributed by atoms with E-state index in [1.807, 2.05) is 0 Å². The molecule has 2 saturated heterocycles. The molecule has 2 aliphatic rings. The van der Waals surface area contributed by atoms with Gasteiger partial charge in [-0.1, -0.05) is 0 Å². The second kappa shape index (κ2) is 2.21. The van der Waals surface area contributed by atoms with Gasteiger partial charge in [0.2, 0.25) is 0 Å². The maximum Gasteiger partial charge on any atom is 0.317 e. The van der Waals surface area contributed by atoms with Crippen molar-refractivity contribution in [3.63, 3.8) is 0 Å². The van der Waals surface area contributed by atoms with Gasteiger partial charge in [0.05, 0.1) is 0 Å². The number of thiocarbonyl (C=S) groups is 1. The quantitative estimate of drug-likeness (QED) is 0.272. The highest BCUT2D eigenvalue weighted by Crippen LogP contribution is 1.96. The predicted molar refractivity (Wildman–Crippen MR) is 41.2 cm³/mol. The van der Waals surface area contributed by atoms with Gasteiger partial charge in [0.25, 0.3) is 0 Å². The predicted octanol–water partition coefficient (Wildman–Crippen LogP) is -2.07. The van der Waals surface area contributed by atoms with Crippen LogP contribution in [0.1, 0.15) is 0 Å². The lowest BCUT2D eigenvalue weighted by Crippen LogP contribution is -2.67. The van der Waals surface area contributed by atoms with Crippen LogP contribution in [0.3, 0.4) is 0 Å². The first-order chi connectivity index (χ1) is 5.25. The van der Waals surface area contributed by atoms with Crippen LogP contribution in [0.15, 0.2) is 0 Å². The summed E-state index contributed by atoms with van der Waals surface area (Å²) in [5.74, 6) is 0. The summed E-state index contributed by atoms with van der Waals surface area (Å²) in [6.45, 7) is 0. The summed E-state index contributed by atoms with van der Waals surface area (Å²) in [5, 5.41) is 8.62. The van der Waals surface area contributed by atoms with Crippen molar-refractivity contribution in [1.29, 1.82) is 0 Å². The highest BCUT2D eigenvalue weighted by Gasteiger charge is 2.34. The fourth-order valence-electron chi connectivity index (χ4n) is 1.05. The number of hydrogen-bond acceptors (Lipinski definition) is 3. The van der Waals surface area contributed by atoms with Gasteiger partial charge in [-0.2, -0.15) is 0 Å². The third-order valence-electron chi connectivity index (χ3n) is 1.53. The minimum Gasteiger partial charge on any atom is -0.339 e. The van der Waals surface area contributed by atoms with Crippen molar-refractivity contribution in [3.8, 4) is 0 Å². The van der Waals surface area contributed by atoms with Crippen molar-refractivity contribution in [3.05, 3.63) is 0 Å². The molecule has 0 aromatic rings. The summed E-state index contributed by atoms with van der Waals surface area (Å²) in [6, 6.07) is -0.202. The summed E-state index contributed by atoms with van der Waals surface area (Å²) < 4.78 is 0. The van der Waals surface area contributed by atoms with E-state index in [9.17, 15) is 4.79 Å². The summed E-state index contributed by atoms with van der Waals surface area (Å²) in [7, 11) is 0. The number of hydrogen-bond donors (Lipinski definition) is 5. The SMILES string of the molecule is O=C1NC2NNC(=S)NC2N1. The molecule has 0 bridgehead atoms. The first-order valence-electron chi connectivity index (χ1n) is 3.15. The Bertz CT molecular complexity index is 217. The third-order valence-corrected chi connectivity index (χ3v) is 1.75. The molecule has 5 N–H and O–H groups in total. The van der Waals surface area contributed by atoms with Gasteiger partial charge in [0.1, 0.15) is 12.3 Å². The van der Waals surface area contributed by atoms with E-state index in [1.54, 1.807) is 0 Å². The van der Waals surface area contributed by atoms with Crippen LogP contribution in [0.25, 0.3) is 0 Å². The average molecular weight is 173 g/mol. The van der Waals surface area contributed by atoms with Crippen molar-refractivity contribution in [2.75, 3.05) is 0 Å². The van der Waals surface area contributed by atoms with E-state index in [0.29, 0.717) is 5.11 Å². The number of rotatable bonds is 0.